The van der Waals surface area contributed by atoms with E-state index in [1.807, 2.05) is 4.90 Å². The fraction of sp³-hybridized carbons (Fsp3) is 0.556. The lowest BCUT2D eigenvalue weighted by molar-refractivity contribution is -0.143. The van der Waals surface area contributed by atoms with Crippen LogP contribution in [0.2, 0.25) is 0 Å². The second-order valence-electron chi connectivity index (χ2n) is 6.46. The van der Waals surface area contributed by atoms with Crippen molar-refractivity contribution in [3.05, 3.63) is 35.2 Å². The van der Waals surface area contributed by atoms with E-state index < -0.39 is 11.9 Å². The molecule has 1 aliphatic rings. The molecule has 2 rings (SSSR count). The van der Waals surface area contributed by atoms with Gasteiger partial charge >= 0.3 is 6.18 Å². The van der Waals surface area contributed by atoms with E-state index in [9.17, 15) is 18.0 Å². The van der Waals surface area contributed by atoms with E-state index in [4.69, 9.17) is 0 Å². The number of carbonyl (C=O) groups is 1. The van der Waals surface area contributed by atoms with E-state index in [2.05, 4.69) is 16.9 Å². The van der Waals surface area contributed by atoms with E-state index in [-0.39, 0.29) is 11.6 Å². The zero-order valence-electron chi connectivity index (χ0n) is 15.6. The van der Waals surface area contributed by atoms with Crippen LogP contribution in [0.15, 0.2) is 23.8 Å². The summed E-state index contributed by atoms with van der Waals surface area (Å²) in [6, 6.07) is 1.01. The summed E-state index contributed by atoms with van der Waals surface area (Å²) in [4.78, 5) is 16.6. The molecule has 0 radical (unpaired) electrons. The third-order valence-electron chi connectivity index (χ3n) is 4.60. The van der Waals surface area contributed by atoms with E-state index >= 15 is 0 Å². The minimum absolute atomic E-state index is 0.0400. The number of rotatable bonds is 4. The Morgan fingerprint density at radius 3 is 2.31 bits per heavy atom. The van der Waals surface area contributed by atoms with Crippen LogP contribution >= 0.6 is 0 Å². The van der Waals surface area contributed by atoms with Crippen LogP contribution in [0, 0.1) is 0 Å². The molecule has 2 heterocycles. The maximum atomic E-state index is 12.9. The fourth-order valence-corrected chi connectivity index (χ4v) is 2.85. The van der Waals surface area contributed by atoms with Gasteiger partial charge in [-0.3, -0.25) is 9.48 Å². The van der Waals surface area contributed by atoms with Gasteiger partial charge in [-0.2, -0.15) is 18.3 Å². The van der Waals surface area contributed by atoms with Crippen molar-refractivity contribution in [3.8, 4) is 0 Å². The highest BCUT2D eigenvalue weighted by molar-refractivity contribution is 5.93. The van der Waals surface area contributed by atoms with Crippen molar-refractivity contribution in [2.24, 2.45) is 7.05 Å². The van der Waals surface area contributed by atoms with Gasteiger partial charge in [0.1, 0.15) is 5.69 Å². The Morgan fingerprint density at radius 2 is 1.81 bits per heavy atom. The van der Waals surface area contributed by atoms with Crippen LogP contribution < -0.4 is 0 Å². The summed E-state index contributed by atoms with van der Waals surface area (Å²) in [5, 5.41) is 3.91. The standard InChI is InChI=1S/C18H25F3N4O/c1-5-24-8-10-25(11-9-24)17(26)14(3)7-6-13(2)15-12-16(18(19,20)21)23(4)22-15/h6-7,12H,5,8-11H2,1-4H3/b13-6+,14-7+. The Balaban J connectivity index is 2.08. The smallest absolute Gasteiger partial charge is 0.336 e. The van der Waals surface area contributed by atoms with Gasteiger partial charge in [-0.05, 0) is 32.0 Å². The molecule has 0 aromatic carbocycles. The first-order valence-electron chi connectivity index (χ1n) is 8.62. The summed E-state index contributed by atoms with van der Waals surface area (Å²) in [7, 11) is 1.26. The molecule has 0 aliphatic carbocycles. The van der Waals surface area contributed by atoms with Gasteiger partial charge in [0.15, 0.2) is 0 Å². The lowest BCUT2D eigenvalue weighted by Gasteiger charge is -2.34. The normalized spacial score (nSPS) is 17.7. The van der Waals surface area contributed by atoms with E-state index in [0.29, 0.717) is 24.2 Å². The van der Waals surface area contributed by atoms with Gasteiger partial charge in [-0.15, -0.1) is 0 Å². The summed E-state index contributed by atoms with van der Waals surface area (Å²) < 4.78 is 39.4. The maximum absolute atomic E-state index is 12.9. The first-order valence-corrected chi connectivity index (χ1v) is 8.62. The van der Waals surface area contributed by atoms with E-state index in [1.165, 1.54) is 7.05 Å². The minimum atomic E-state index is -4.44. The van der Waals surface area contributed by atoms with Crippen LogP contribution in [0.3, 0.4) is 0 Å². The molecule has 1 aliphatic heterocycles. The minimum Gasteiger partial charge on any atom is -0.336 e. The van der Waals surface area contributed by atoms with Crippen LogP contribution in [-0.4, -0.2) is 58.2 Å². The molecule has 0 saturated carbocycles. The number of piperazine rings is 1. The van der Waals surface area contributed by atoms with Gasteiger partial charge < -0.3 is 9.80 Å². The monoisotopic (exact) mass is 370 g/mol. The van der Waals surface area contributed by atoms with Gasteiger partial charge in [-0.1, -0.05) is 19.1 Å². The zero-order valence-corrected chi connectivity index (χ0v) is 15.6. The van der Waals surface area contributed by atoms with Crippen molar-refractivity contribution >= 4 is 11.5 Å². The summed E-state index contributed by atoms with van der Waals surface area (Å²) in [6.45, 7) is 9.57. The third-order valence-corrected chi connectivity index (χ3v) is 4.60. The predicted octanol–water partition coefficient (Wildman–Crippen LogP) is 2.95. The molecule has 144 valence electrons. The highest BCUT2D eigenvalue weighted by atomic mass is 19.4. The molecule has 0 N–H and O–H groups in total. The lowest BCUT2D eigenvalue weighted by Crippen LogP contribution is -2.48. The zero-order chi connectivity index (χ0) is 19.5. The Morgan fingerprint density at radius 1 is 1.19 bits per heavy atom. The predicted molar refractivity (Wildman–Crippen MR) is 94.3 cm³/mol. The molecule has 0 unspecified atom stereocenters. The van der Waals surface area contributed by atoms with Crippen molar-refractivity contribution in [1.82, 2.24) is 19.6 Å². The van der Waals surface area contributed by atoms with Crippen LogP contribution in [0.1, 0.15) is 32.2 Å². The molecule has 5 nitrogen and oxygen atoms in total. The fourth-order valence-electron chi connectivity index (χ4n) is 2.85. The molecule has 26 heavy (non-hydrogen) atoms. The van der Waals surface area contributed by atoms with E-state index in [1.54, 1.807) is 26.0 Å². The molecule has 1 aromatic heterocycles. The Hall–Kier alpha value is -2.09. The Kier molecular flexibility index (Phi) is 6.28. The largest absolute Gasteiger partial charge is 0.433 e. The maximum Gasteiger partial charge on any atom is 0.433 e. The average molecular weight is 370 g/mol. The number of nitrogens with zero attached hydrogens (tertiary/aromatic N) is 4. The van der Waals surface area contributed by atoms with Crippen LogP contribution in [0.25, 0.3) is 5.57 Å². The van der Waals surface area contributed by atoms with Gasteiger partial charge in [0, 0.05) is 38.8 Å². The highest BCUT2D eigenvalue weighted by Gasteiger charge is 2.35. The van der Waals surface area contributed by atoms with Crippen molar-refractivity contribution < 1.29 is 18.0 Å². The van der Waals surface area contributed by atoms with Crippen LogP contribution in [0.5, 0.6) is 0 Å². The van der Waals surface area contributed by atoms with Crippen molar-refractivity contribution in [2.75, 3.05) is 32.7 Å². The van der Waals surface area contributed by atoms with E-state index in [0.717, 1.165) is 30.4 Å². The Labute approximate surface area is 151 Å². The number of hydrogen-bond acceptors (Lipinski definition) is 3. The average Bonchev–Trinajstić information content (AvgIpc) is 3.01. The van der Waals surface area contributed by atoms with Gasteiger partial charge in [0.2, 0.25) is 5.91 Å². The molecule has 0 bridgehead atoms. The number of alkyl halides is 3. The molecule has 1 aromatic rings. The number of allylic oxidation sites excluding steroid dienone is 3. The quantitative estimate of drug-likeness (QED) is 0.604. The summed E-state index contributed by atoms with van der Waals surface area (Å²) in [6.07, 6.45) is -1.16. The second-order valence-corrected chi connectivity index (χ2v) is 6.46. The van der Waals surface area contributed by atoms with Crippen molar-refractivity contribution in [1.29, 1.82) is 0 Å². The van der Waals surface area contributed by atoms with Crippen LogP contribution in [-0.2, 0) is 18.0 Å². The Bertz CT molecular complexity index is 711. The molecular formula is C18H25F3N4O. The number of hydrogen-bond donors (Lipinski definition) is 0. The first kappa shape index (κ1) is 20.2. The number of halogens is 3. The second kappa shape index (κ2) is 8.07. The molecule has 8 heteroatoms. The topological polar surface area (TPSA) is 41.4 Å². The van der Waals surface area contributed by atoms with Gasteiger partial charge in [0.05, 0.1) is 5.69 Å². The summed E-state index contributed by atoms with van der Waals surface area (Å²) in [5.74, 6) is -0.0400. The van der Waals surface area contributed by atoms with Crippen molar-refractivity contribution in [3.63, 3.8) is 0 Å². The number of likely N-dealkylation sites (N-methyl/N-ethyl adjacent to an activating group) is 1. The number of carbonyl (C=O) groups excluding carboxylic acids is 1. The number of aromatic nitrogens is 2. The van der Waals surface area contributed by atoms with Crippen LogP contribution in [0.4, 0.5) is 13.2 Å². The molecular weight excluding hydrogens is 345 g/mol. The first-order chi connectivity index (χ1) is 12.1. The number of amides is 1. The third kappa shape index (κ3) is 4.75. The molecule has 1 fully saturated rings. The molecule has 0 spiro atoms. The van der Waals surface area contributed by atoms with Gasteiger partial charge in [-0.25, -0.2) is 0 Å². The summed E-state index contributed by atoms with van der Waals surface area (Å²) in [5.41, 5.74) is 0.569. The SMILES string of the molecule is CCN1CCN(C(=O)/C(C)=C/C=C(\C)c2cc(C(F)(F)F)n(C)n2)CC1. The molecule has 1 saturated heterocycles. The summed E-state index contributed by atoms with van der Waals surface area (Å²) >= 11 is 0. The highest BCUT2D eigenvalue weighted by Crippen LogP contribution is 2.30. The number of aryl methyl sites for hydroxylation is 1. The lowest BCUT2D eigenvalue weighted by atomic mass is 10.1. The molecule has 0 atom stereocenters. The molecule has 1 amide bonds. The van der Waals surface area contributed by atoms with Crippen molar-refractivity contribution in [2.45, 2.75) is 26.9 Å². The van der Waals surface area contributed by atoms with Gasteiger partial charge in [0.25, 0.3) is 0 Å².